The summed E-state index contributed by atoms with van der Waals surface area (Å²) in [5.41, 5.74) is 2.35. The average molecular weight is 493 g/mol. The number of rotatable bonds is 12. The number of aromatic nitrogens is 5. The largest absolute Gasteiger partial charge is 0.497 e. The van der Waals surface area contributed by atoms with E-state index in [1.807, 2.05) is 48.5 Å². The molecule has 10 nitrogen and oxygen atoms in total. The van der Waals surface area contributed by atoms with E-state index in [0.717, 1.165) is 34.5 Å². The van der Waals surface area contributed by atoms with Crippen molar-refractivity contribution in [1.82, 2.24) is 30.1 Å². The standard InChI is InChI=1S/C26H32N6O4/c1-5-24(25-28-29-30-32(25)12-13-34-2)31(16-18-6-9-21(35-3)10-7-18)17-20-14-19-8-11-22(36-4)15-23(19)27-26(20)33/h6-11,14-15,24H,5,12-13,16-17H2,1-4H3,(H,27,33). The number of methoxy groups -OCH3 is 3. The minimum absolute atomic E-state index is 0.120. The Balaban J connectivity index is 1.71. The number of ether oxygens (including phenoxy) is 3. The Morgan fingerprint density at radius 2 is 1.75 bits per heavy atom. The van der Waals surface area contributed by atoms with Gasteiger partial charge in [0.05, 0.1) is 38.9 Å². The first-order valence-electron chi connectivity index (χ1n) is 11.9. The average Bonchev–Trinajstić information content (AvgIpc) is 3.36. The Hall–Kier alpha value is -3.76. The van der Waals surface area contributed by atoms with Gasteiger partial charge in [-0.25, -0.2) is 4.68 Å². The van der Waals surface area contributed by atoms with Gasteiger partial charge in [0.25, 0.3) is 5.56 Å². The highest BCUT2D eigenvalue weighted by molar-refractivity contribution is 5.80. The van der Waals surface area contributed by atoms with Gasteiger partial charge in [0.15, 0.2) is 5.82 Å². The topological polar surface area (TPSA) is 107 Å². The third-order valence-corrected chi connectivity index (χ3v) is 6.24. The smallest absolute Gasteiger partial charge is 0.252 e. The number of H-pyrrole nitrogens is 1. The summed E-state index contributed by atoms with van der Waals surface area (Å²) in [4.78, 5) is 18.3. The van der Waals surface area contributed by atoms with Crippen molar-refractivity contribution < 1.29 is 14.2 Å². The monoisotopic (exact) mass is 492 g/mol. The molecule has 0 spiro atoms. The van der Waals surface area contributed by atoms with Crippen molar-refractivity contribution in [3.8, 4) is 11.5 Å². The summed E-state index contributed by atoms with van der Waals surface area (Å²) < 4.78 is 17.6. The van der Waals surface area contributed by atoms with Crippen molar-refractivity contribution in [2.75, 3.05) is 27.9 Å². The zero-order chi connectivity index (χ0) is 25.5. The molecule has 1 N–H and O–H groups in total. The van der Waals surface area contributed by atoms with Crippen LogP contribution in [-0.2, 0) is 24.4 Å². The van der Waals surface area contributed by atoms with Gasteiger partial charge >= 0.3 is 0 Å². The third-order valence-electron chi connectivity index (χ3n) is 6.24. The molecule has 2 aromatic carbocycles. The lowest BCUT2D eigenvalue weighted by Gasteiger charge is -2.30. The van der Waals surface area contributed by atoms with E-state index in [9.17, 15) is 4.79 Å². The molecule has 0 radical (unpaired) electrons. The molecule has 0 amide bonds. The van der Waals surface area contributed by atoms with E-state index >= 15 is 0 Å². The maximum absolute atomic E-state index is 13.1. The summed E-state index contributed by atoms with van der Waals surface area (Å²) in [5.74, 6) is 2.23. The molecule has 2 heterocycles. The molecular formula is C26H32N6O4. The van der Waals surface area contributed by atoms with E-state index in [1.54, 1.807) is 26.0 Å². The van der Waals surface area contributed by atoms with Crippen molar-refractivity contribution in [1.29, 1.82) is 0 Å². The zero-order valence-corrected chi connectivity index (χ0v) is 21.1. The summed E-state index contributed by atoms with van der Waals surface area (Å²) in [6.07, 6.45) is 0.756. The highest BCUT2D eigenvalue weighted by Crippen LogP contribution is 2.27. The van der Waals surface area contributed by atoms with Crippen LogP contribution in [0.3, 0.4) is 0 Å². The molecule has 36 heavy (non-hydrogen) atoms. The van der Waals surface area contributed by atoms with Gasteiger partial charge in [-0.15, -0.1) is 5.10 Å². The number of benzene rings is 2. The van der Waals surface area contributed by atoms with Crippen LogP contribution in [0.5, 0.6) is 11.5 Å². The molecule has 190 valence electrons. The van der Waals surface area contributed by atoms with E-state index in [2.05, 4.69) is 32.3 Å². The van der Waals surface area contributed by atoms with Crippen LogP contribution >= 0.6 is 0 Å². The number of fused-ring (bicyclic) bond motifs is 1. The van der Waals surface area contributed by atoms with Crippen LogP contribution in [0.25, 0.3) is 10.9 Å². The van der Waals surface area contributed by atoms with Gasteiger partial charge in [-0.2, -0.15) is 0 Å². The van der Waals surface area contributed by atoms with E-state index in [-0.39, 0.29) is 11.6 Å². The van der Waals surface area contributed by atoms with Crippen molar-refractivity contribution in [3.05, 3.63) is 75.8 Å². The van der Waals surface area contributed by atoms with E-state index in [4.69, 9.17) is 14.2 Å². The molecule has 2 aromatic heterocycles. The maximum Gasteiger partial charge on any atom is 0.252 e. The molecule has 0 bridgehead atoms. The maximum atomic E-state index is 13.1. The predicted molar refractivity (Wildman–Crippen MR) is 136 cm³/mol. The van der Waals surface area contributed by atoms with Gasteiger partial charge in [-0.3, -0.25) is 9.69 Å². The first kappa shape index (κ1) is 25.3. The minimum atomic E-state index is -0.135. The summed E-state index contributed by atoms with van der Waals surface area (Å²) in [7, 11) is 4.91. The van der Waals surface area contributed by atoms with Crippen LogP contribution in [-0.4, -0.2) is 58.0 Å². The van der Waals surface area contributed by atoms with Crippen molar-refractivity contribution in [2.24, 2.45) is 0 Å². The fourth-order valence-electron chi connectivity index (χ4n) is 4.32. The van der Waals surface area contributed by atoms with Gasteiger partial charge in [0.1, 0.15) is 11.5 Å². The molecule has 0 aliphatic rings. The van der Waals surface area contributed by atoms with Crippen LogP contribution < -0.4 is 15.0 Å². The normalized spacial score (nSPS) is 12.2. The SMILES string of the molecule is CCC(c1nnnn1CCOC)N(Cc1ccc(OC)cc1)Cc1cc2ccc(OC)cc2[nH]c1=O. The second-order valence-electron chi connectivity index (χ2n) is 8.51. The zero-order valence-electron chi connectivity index (χ0n) is 21.1. The molecule has 0 aliphatic carbocycles. The number of nitrogens with one attached hydrogen (secondary N) is 1. The number of nitrogens with zero attached hydrogens (tertiary/aromatic N) is 5. The number of hydrogen-bond donors (Lipinski definition) is 1. The lowest BCUT2D eigenvalue weighted by molar-refractivity contribution is 0.151. The van der Waals surface area contributed by atoms with E-state index < -0.39 is 0 Å². The highest BCUT2D eigenvalue weighted by atomic mass is 16.5. The fourth-order valence-corrected chi connectivity index (χ4v) is 4.32. The van der Waals surface area contributed by atoms with Crippen molar-refractivity contribution >= 4 is 10.9 Å². The lowest BCUT2D eigenvalue weighted by Crippen LogP contribution is -2.32. The Morgan fingerprint density at radius 3 is 2.44 bits per heavy atom. The Bertz CT molecular complexity index is 1330. The van der Waals surface area contributed by atoms with Crippen LogP contribution in [0.2, 0.25) is 0 Å². The molecular weight excluding hydrogens is 460 g/mol. The Morgan fingerprint density at radius 1 is 1.00 bits per heavy atom. The minimum Gasteiger partial charge on any atom is -0.497 e. The third kappa shape index (κ3) is 5.72. The van der Waals surface area contributed by atoms with Crippen LogP contribution in [0.4, 0.5) is 0 Å². The van der Waals surface area contributed by atoms with Crippen LogP contribution in [0.15, 0.2) is 53.3 Å². The van der Waals surface area contributed by atoms with Gasteiger partial charge in [-0.05, 0) is 58.1 Å². The molecule has 0 saturated carbocycles. The number of aromatic amines is 1. The van der Waals surface area contributed by atoms with Gasteiger partial charge in [-0.1, -0.05) is 19.1 Å². The van der Waals surface area contributed by atoms with E-state index in [0.29, 0.717) is 37.6 Å². The predicted octanol–water partition coefficient (Wildman–Crippen LogP) is 3.33. The molecule has 0 saturated heterocycles. The van der Waals surface area contributed by atoms with Gasteiger partial charge < -0.3 is 19.2 Å². The fraction of sp³-hybridized carbons (Fsp3) is 0.385. The molecule has 4 aromatic rings. The van der Waals surface area contributed by atoms with Crippen LogP contribution in [0, 0.1) is 0 Å². The molecule has 0 aliphatic heterocycles. The molecule has 10 heteroatoms. The van der Waals surface area contributed by atoms with Crippen LogP contribution in [0.1, 0.15) is 36.3 Å². The van der Waals surface area contributed by atoms with E-state index in [1.165, 1.54) is 0 Å². The summed E-state index contributed by atoms with van der Waals surface area (Å²) in [6.45, 7) is 4.15. The second-order valence-corrected chi connectivity index (χ2v) is 8.51. The van der Waals surface area contributed by atoms with Gasteiger partial charge in [0.2, 0.25) is 0 Å². The summed E-state index contributed by atoms with van der Waals surface area (Å²) in [6, 6.07) is 15.4. The number of pyridine rings is 1. The van der Waals surface area contributed by atoms with Gasteiger partial charge in [0, 0.05) is 31.8 Å². The molecule has 0 fully saturated rings. The summed E-state index contributed by atoms with van der Waals surface area (Å²) in [5, 5.41) is 13.4. The summed E-state index contributed by atoms with van der Waals surface area (Å²) >= 11 is 0. The highest BCUT2D eigenvalue weighted by Gasteiger charge is 2.26. The first-order chi connectivity index (χ1) is 17.6. The number of tetrazole rings is 1. The molecule has 1 unspecified atom stereocenters. The molecule has 1 atom stereocenters. The quantitative estimate of drug-likeness (QED) is 0.321. The Kier molecular flexibility index (Phi) is 8.29. The molecule has 4 rings (SSSR count). The number of hydrogen-bond acceptors (Lipinski definition) is 8. The van der Waals surface area contributed by atoms with Crippen molar-refractivity contribution in [3.63, 3.8) is 0 Å². The first-order valence-corrected chi connectivity index (χ1v) is 11.9. The van der Waals surface area contributed by atoms with Crippen molar-refractivity contribution in [2.45, 2.75) is 39.0 Å². The lowest BCUT2D eigenvalue weighted by atomic mass is 10.1. The Labute approximate surface area is 209 Å². The second kappa shape index (κ2) is 11.8.